The number of hydrogen-bond donors (Lipinski definition) is 0. The van der Waals surface area contributed by atoms with E-state index in [1.807, 2.05) is 0 Å². The molecule has 1 aromatic carbocycles. The van der Waals surface area contributed by atoms with Crippen LogP contribution in [0.25, 0.3) is 0 Å². The maximum atomic E-state index is 11.6. The lowest BCUT2D eigenvalue weighted by atomic mass is 10.3. The van der Waals surface area contributed by atoms with Crippen LogP contribution in [0.1, 0.15) is 6.92 Å². The summed E-state index contributed by atoms with van der Waals surface area (Å²) < 4.78 is 47.6. The molecule has 0 spiro atoms. The fourth-order valence-electron chi connectivity index (χ4n) is 1.01. The standard InChI is InChI=1S/C10H15NO5S2/c1-4-17(3,12)11-18(13,14)16-10-7-5-9(15-2)6-8-10/h5-8H,4H2,1-3H3. The first-order valence-corrected chi connectivity index (χ1v) is 8.53. The van der Waals surface area contributed by atoms with Gasteiger partial charge in [0.2, 0.25) is 0 Å². The van der Waals surface area contributed by atoms with Gasteiger partial charge in [-0.15, -0.1) is 0 Å². The van der Waals surface area contributed by atoms with E-state index >= 15 is 0 Å². The van der Waals surface area contributed by atoms with E-state index in [-0.39, 0.29) is 11.5 Å². The first-order chi connectivity index (χ1) is 8.28. The number of methoxy groups -OCH3 is 1. The van der Waals surface area contributed by atoms with Crippen LogP contribution in [0.4, 0.5) is 0 Å². The zero-order valence-corrected chi connectivity index (χ0v) is 12.0. The summed E-state index contributed by atoms with van der Waals surface area (Å²) in [5.74, 6) is 0.800. The van der Waals surface area contributed by atoms with Gasteiger partial charge in [0.1, 0.15) is 11.5 Å². The fourth-order valence-corrected chi connectivity index (χ4v) is 3.46. The Morgan fingerprint density at radius 1 is 1.11 bits per heavy atom. The van der Waals surface area contributed by atoms with Crippen molar-refractivity contribution in [2.24, 2.45) is 3.77 Å². The summed E-state index contributed by atoms with van der Waals surface area (Å²) in [7, 11) is -5.49. The van der Waals surface area contributed by atoms with E-state index in [4.69, 9.17) is 8.92 Å². The zero-order chi connectivity index (χ0) is 13.8. The van der Waals surface area contributed by atoms with Crippen LogP contribution in [0.15, 0.2) is 28.0 Å². The van der Waals surface area contributed by atoms with Crippen LogP contribution in [-0.4, -0.2) is 31.7 Å². The number of rotatable bonds is 5. The monoisotopic (exact) mass is 293 g/mol. The maximum Gasteiger partial charge on any atom is 0.436 e. The minimum Gasteiger partial charge on any atom is -0.497 e. The SMILES string of the molecule is CCS(C)(=O)=NS(=O)(=O)Oc1ccc(OC)cc1. The van der Waals surface area contributed by atoms with Gasteiger partial charge in [-0.2, -0.15) is 8.42 Å². The summed E-state index contributed by atoms with van der Waals surface area (Å²) in [4.78, 5) is 0. The number of ether oxygens (including phenoxy) is 1. The Hall–Kier alpha value is -1.28. The molecule has 1 rings (SSSR count). The van der Waals surface area contributed by atoms with E-state index in [9.17, 15) is 12.6 Å². The predicted octanol–water partition coefficient (Wildman–Crippen LogP) is 1.44. The molecule has 8 heteroatoms. The highest BCUT2D eigenvalue weighted by Crippen LogP contribution is 2.19. The third-order valence-electron chi connectivity index (χ3n) is 2.05. The van der Waals surface area contributed by atoms with Gasteiger partial charge in [-0.25, -0.2) is 4.21 Å². The lowest BCUT2D eigenvalue weighted by Crippen LogP contribution is -2.10. The molecule has 0 aromatic heterocycles. The highest BCUT2D eigenvalue weighted by molar-refractivity contribution is 8.01. The summed E-state index contributed by atoms with van der Waals surface area (Å²) >= 11 is 0. The molecule has 1 atom stereocenters. The maximum absolute atomic E-state index is 11.6. The predicted molar refractivity (Wildman–Crippen MR) is 69.6 cm³/mol. The number of nitrogens with zero attached hydrogens (tertiary/aromatic N) is 1. The Bertz CT molecular complexity index is 612. The summed E-state index contributed by atoms with van der Waals surface area (Å²) in [5, 5.41) is 0. The van der Waals surface area contributed by atoms with Gasteiger partial charge in [-0.1, -0.05) is 10.7 Å². The molecule has 6 nitrogen and oxygen atoms in total. The lowest BCUT2D eigenvalue weighted by Gasteiger charge is -2.05. The third-order valence-corrected chi connectivity index (χ3v) is 5.51. The van der Waals surface area contributed by atoms with Gasteiger partial charge in [-0.3, -0.25) is 0 Å². The van der Waals surface area contributed by atoms with Crippen LogP contribution in [0, 0.1) is 0 Å². The van der Waals surface area contributed by atoms with Crippen molar-refractivity contribution in [1.82, 2.24) is 0 Å². The molecule has 0 fully saturated rings. The molecule has 0 bridgehead atoms. The molecule has 0 amide bonds. The highest BCUT2D eigenvalue weighted by Gasteiger charge is 2.14. The normalized spacial score (nSPS) is 14.6. The fraction of sp³-hybridized carbons (Fsp3) is 0.400. The van der Waals surface area contributed by atoms with E-state index in [0.717, 1.165) is 0 Å². The Kier molecular flexibility index (Phi) is 4.58. The van der Waals surface area contributed by atoms with Crippen molar-refractivity contribution in [3.63, 3.8) is 0 Å². The topological polar surface area (TPSA) is 82.0 Å². The van der Waals surface area contributed by atoms with Gasteiger partial charge in [-0.05, 0) is 24.3 Å². The Morgan fingerprint density at radius 3 is 2.06 bits per heavy atom. The average molecular weight is 293 g/mol. The molecular formula is C10H15NO5S2. The largest absolute Gasteiger partial charge is 0.497 e. The van der Waals surface area contributed by atoms with Crippen LogP contribution in [0.5, 0.6) is 11.5 Å². The molecular weight excluding hydrogens is 278 g/mol. The van der Waals surface area contributed by atoms with Crippen LogP contribution in [0.2, 0.25) is 0 Å². The van der Waals surface area contributed by atoms with Gasteiger partial charge in [0, 0.05) is 12.0 Å². The van der Waals surface area contributed by atoms with Crippen LogP contribution in [0.3, 0.4) is 0 Å². The minimum absolute atomic E-state index is 0.0888. The second kappa shape index (κ2) is 5.57. The lowest BCUT2D eigenvalue weighted by molar-refractivity contribution is 0.413. The molecule has 18 heavy (non-hydrogen) atoms. The van der Waals surface area contributed by atoms with Crippen LogP contribution < -0.4 is 8.92 Å². The smallest absolute Gasteiger partial charge is 0.436 e. The van der Waals surface area contributed by atoms with Gasteiger partial charge in [0.15, 0.2) is 0 Å². The van der Waals surface area contributed by atoms with Gasteiger partial charge in [0.25, 0.3) is 0 Å². The number of hydrogen-bond acceptors (Lipinski definition) is 5. The quantitative estimate of drug-likeness (QED) is 0.820. The first kappa shape index (κ1) is 14.8. The van der Waals surface area contributed by atoms with Crippen molar-refractivity contribution in [2.45, 2.75) is 6.92 Å². The zero-order valence-electron chi connectivity index (χ0n) is 10.3. The summed E-state index contributed by atoms with van der Waals surface area (Å²) in [6.07, 6.45) is 1.27. The molecule has 1 unspecified atom stereocenters. The molecule has 0 radical (unpaired) electrons. The molecule has 0 N–H and O–H groups in total. The molecule has 0 aliphatic carbocycles. The number of benzene rings is 1. The van der Waals surface area contributed by atoms with E-state index in [1.54, 1.807) is 19.1 Å². The molecule has 0 saturated carbocycles. The first-order valence-electron chi connectivity index (χ1n) is 5.07. The molecule has 102 valence electrons. The molecule has 0 heterocycles. The Morgan fingerprint density at radius 2 is 1.61 bits per heavy atom. The average Bonchev–Trinajstić information content (AvgIpc) is 2.28. The molecule has 0 saturated heterocycles. The van der Waals surface area contributed by atoms with Gasteiger partial charge >= 0.3 is 10.3 Å². The van der Waals surface area contributed by atoms with Crippen molar-refractivity contribution >= 4 is 20.0 Å². The Balaban J connectivity index is 2.96. The van der Waals surface area contributed by atoms with Gasteiger partial charge < -0.3 is 8.92 Å². The summed E-state index contributed by atoms with van der Waals surface area (Å²) in [5.41, 5.74) is 0. The molecule has 0 aliphatic heterocycles. The van der Waals surface area contributed by atoms with E-state index in [0.29, 0.717) is 5.75 Å². The molecule has 0 aliphatic rings. The van der Waals surface area contributed by atoms with Crippen LogP contribution >= 0.6 is 0 Å². The van der Waals surface area contributed by atoms with Crippen molar-refractivity contribution in [1.29, 1.82) is 0 Å². The molecule has 1 aromatic rings. The second-order valence-electron chi connectivity index (χ2n) is 3.51. The van der Waals surface area contributed by atoms with Crippen molar-refractivity contribution in [2.75, 3.05) is 19.1 Å². The van der Waals surface area contributed by atoms with Gasteiger partial charge in [0.05, 0.1) is 16.8 Å². The second-order valence-corrected chi connectivity index (χ2v) is 7.62. The van der Waals surface area contributed by atoms with Crippen molar-refractivity contribution in [3.05, 3.63) is 24.3 Å². The van der Waals surface area contributed by atoms with E-state index in [2.05, 4.69) is 3.77 Å². The highest BCUT2D eigenvalue weighted by atomic mass is 32.3. The van der Waals surface area contributed by atoms with E-state index < -0.39 is 20.0 Å². The summed E-state index contributed by atoms with van der Waals surface area (Å²) in [6.45, 7) is 1.59. The third kappa shape index (κ3) is 4.53. The van der Waals surface area contributed by atoms with E-state index in [1.165, 1.54) is 25.5 Å². The van der Waals surface area contributed by atoms with Crippen molar-refractivity contribution < 1.29 is 21.5 Å². The minimum atomic E-state index is -4.22. The summed E-state index contributed by atoms with van der Waals surface area (Å²) in [6, 6.07) is 5.95. The Labute approximate surface area is 107 Å². The van der Waals surface area contributed by atoms with Crippen molar-refractivity contribution in [3.8, 4) is 11.5 Å². The van der Waals surface area contributed by atoms with Crippen LogP contribution in [-0.2, 0) is 20.0 Å².